The number of alkyl halides is 1. The summed E-state index contributed by atoms with van der Waals surface area (Å²) >= 11 is 0. The minimum atomic E-state index is -0.790. The van der Waals surface area contributed by atoms with Crippen molar-refractivity contribution >= 4 is 53.2 Å². The summed E-state index contributed by atoms with van der Waals surface area (Å²) in [5, 5.41) is 9.27. The molecule has 19 nitrogen and oxygen atoms in total. The molecule has 2 unspecified atom stereocenters. The molecule has 8 rings (SSSR count). The molecule has 560 valence electrons. The molecule has 9 amide bonds. The van der Waals surface area contributed by atoms with Crippen molar-refractivity contribution in [3.05, 3.63) is 0 Å². The number of rotatable bonds is 1. The summed E-state index contributed by atoms with van der Waals surface area (Å²) in [6, 6.07) is 0. The number of aliphatic hydroxyl groups excluding tert-OH is 1. The van der Waals surface area contributed by atoms with Crippen LogP contribution in [-0.2, 0) is 43.2 Å². The van der Waals surface area contributed by atoms with Gasteiger partial charge in [-0.2, -0.15) is 0 Å². The second-order valence-corrected chi connectivity index (χ2v) is 36.0. The molecule has 0 aliphatic carbocycles. The third-order valence-corrected chi connectivity index (χ3v) is 17.4. The number of nitrogens with zero attached hydrogens (tertiary/aromatic N) is 8. The first-order valence-electron chi connectivity index (χ1n) is 36.1. The van der Waals surface area contributed by atoms with Crippen LogP contribution in [0.5, 0.6) is 0 Å². The molecular weight excluding hydrogens is 1220 g/mol. The maximum atomic E-state index is 12.3. The molecule has 0 aromatic carbocycles. The van der Waals surface area contributed by atoms with Gasteiger partial charge in [0.1, 0.15) is 6.17 Å². The van der Waals surface area contributed by atoms with Crippen LogP contribution in [0.3, 0.4) is 0 Å². The van der Waals surface area contributed by atoms with E-state index in [0.717, 1.165) is 78.3 Å². The number of hydrogen-bond acceptors (Lipinski definition) is 10. The number of halogens is 1. The van der Waals surface area contributed by atoms with E-state index in [-0.39, 0.29) is 99.5 Å². The number of hydrogen-bond donors (Lipinski definition) is 2. The van der Waals surface area contributed by atoms with Gasteiger partial charge in [0.15, 0.2) is 0 Å². The van der Waals surface area contributed by atoms with Crippen LogP contribution in [0, 0.1) is 55.2 Å². The molecule has 8 heterocycles. The zero-order valence-corrected chi connectivity index (χ0v) is 65.0. The van der Waals surface area contributed by atoms with E-state index in [0.29, 0.717) is 68.1 Å². The lowest BCUT2D eigenvalue weighted by Crippen LogP contribution is -2.54. The topological polar surface area (TPSA) is 226 Å². The Morgan fingerprint density at radius 3 is 0.740 bits per heavy atom. The highest BCUT2D eigenvalue weighted by atomic mass is 19.1. The van der Waals surface area contributed by atoms with Gasteiger partial charge in [0.05, 0.1) is 25.1 Å². The molecule has 0 saturated carbocycles. The fraction of sp³-hybridized carbons (Fsp3) is 0.882. The summed E-state index contributed by atoms with van der Waals surface area (Å²) in [6.45, 7) is 61.7. The molecule has 8 fully saturated rings. The lowest BCUT2D eigenvalue weighted by atomic mass is 9.93. The van der Waals surface area contributed by atoms with E-state index in [4.69, 9.17) is 5.73 Å². The van der Waals surface area contributed by atoms with Crippen molar-refractivity contribution in [1.29, 1.82) is 0 Å². The Bertz CT molecular complexity index is 2340. The van der Waals surface area contributed by atoms with E-state index >= 15 is 0 Å². The van der Waals surface area contributed by atoms with Gasteiger partial charge in [-0.05, 0) is 89.4 Å². The van der Waals surface area contributed by atoms with E-state index in [2.05, 4.69) is 6.92 Å². The van der Waals surface area contributed by atoms with Gasteiger partial charge < -0.3 is 50.0 Å². The van der Waals surface area contributed by atoms with Crippen LogP contribution < -0.4 is 5.73 Å². The van der Waals surface area contributed by atoms with Crippen LogP contribution in [0.25, 0.3) is 0 Å². The summed E-state index contributed by atoms with van der Waals surface area (Å²) in [5.74, 6) is 2.09. The Hall–Kier alpha value is -4.88. The van der Waals surface area contributed by atoms with Crippen LogP contribution in [0.2, 0.25) is 0 Å². The highest BCUT2D eigenvalue weighted by Crippen LogP contribution is 2.28. The first kappa shape index (κ1) is 91.1. The predicted molar refractivity (Wildman–Crippen MR) is 388 cm³/mol. The summed E-state index contributed by atoms with van der Waals surface area (Å²) < 4.78 is 12.3. The first-order chi connectivity index (χ1) is 43.1. The normalized spacial score (nSPS) is 20.4. The van der Waals surface area contributed by atoms with Crippen molar-refractivity contribution < 1.29 is 52.6 Å². The average Bonchev–Trinajstić information content (AvgIpc) is 1.62. The van der Waals surface area contributed by atoms with Gasteiger partial charge in [0, 0.05) is 135 Å². The number of piperidine rings is 3. The monoisotopic (exact) mass is 1360 g/mol. The number of likely N-dealkylation sites (tertiary alicyclic amines) is 8. The number of amides is 9. The van der Waals surface area contributed by atoms with Crippen LogP contribution in [-0.4, -0.2) is 214 Å². The number of primary amides is 1. The highest BCUT2D eigenvalue weighted by molar-refractivity contribution is 5.86. The molecule has 0 spiro atoms. The van der Waals surface area contributed by atoms with Gasteiger partial charge in [0.2, 0.25) is 53.2 Å². The molecule has 20 heteroatoms. The van der Waals surface area contributed by atoms with Crippen LogP contribution in [0.4, 0.5) is 4.39 Å². The smallest absolute Gasteiger partial charge is 0.228 e. The maximum Gasteiger partial charge on any atom is 0.228 e. The largest absolute Gasteiger partial charge is 0.393 e. The molecule has 8 aliphatic heterocycles. The van der Waals surface area contributed by atoms with Crippen molar-refractivity contribution in [3.63, 3.8) is 0 Å². The average molecular weight is 1360 g/mol. The van der Waals surface area contributed by atoms with Gasteiger partial charge in [-0.15, -0.1) is 0 Å². The van der Waals surface area contributed by atoms with E-state index in [1.807, 2.05) is 196 Å². The fourth-order valence-corrected chi connectivity index (χ4v) is 11.4. The standard InChI is InChI=1S/C10H18N2O2.C10H19NO2.3C10H19NO.C9H17NO.C8H14FNO.C8H15NO.CH4/c1-10(2,3)9(14)12-5-4-7(6-12)8(11)13;1-10(2,3)9(13)11-6-4-8(12)5-7-11;1-8-5-6-11(7-8)9(12)10(2,3)4;2*1-10(2,3)9(12)11-7-5-4-6-8-11;1-9(2,3)8(11)10-6-4-5-7-10;1-8(2,3)7(11)10-4-6(9)5-10;1-8(2,3)7(10)9-5-4-6-9;/h7H,4-6H2,1-3H3,(H2,11,13);8,12H,4-7H2,1-3H3;8H,5-7H2,1-4H3;2*4-8H2,1-3H3;4-7H2,1-3H3;6H,4-5H2,1-3H3;4-6H2,1-3H3;1H4. The van der Waals surface area contributed by atoms with Gasteiger partial charge in [-0.25, -0.2) is 4.39 Å². The molecule has 0 radical (unpaired) electrons. The lowest BCUT2D eigenvalue weighted by Gasteiger charge is -2.38. The number of carbonyl (C=O) groups is 9. The van der Waals surface area contributed by atoms with E-state index in [9.17, 15) is 52.6 Å². The van der Waals surface area contributed by atoms with Crippen LogP contribution in [0.1, 0.15) is 264 Å². The first-order valence-corrected chi connectivity index (χ1v) is 36.1. The highest BCUT2D eigenvalue weighted by Gasteiger charge is 2.38. The Morgan fingerprint density at radius 1 is 0.302 bits per heavy atom. The number of nitrogens with two attached hydrogens (primary N) is 1. The number of carbonyl (C=O) groups excluding carboxylic acids is 9. The van der Waals surface area contributed by atoms with Gasteiger partial charge in [-0.1, -0.05) is 181 Å². The fourth-order valence-electron chi connectivity index (χ4n) is 11.4. The maximum absolute atomic E-state index is 12.3. The predicted octanol–water partition coefficient (Wildman–Crippen LogP) is 12.1. The molecule has 0 aromatic heterocycles. The molecule has 8 saturated heterocycles. The molecule has 2 atom stereocenters. The van der Waals surface area contributed by atoms with E-state index in [1.165, 1.54) is 64.2 Å². The van der Waals surface area contributed by atoms with Crippen molar-refractivity contribution in [1.82, 2.24) is 39.2 Å². The summed E-state index contributed by atoms with van der Waals surface area (Å²) in [5.41, 5.74) is 3.20. The second kappa shape index (κ2) is 39.2. The molecule has 0 bridgehead atoms. The Kier molecular flexibility index (Phi) is 37.2. The molecule has 0 aromatic rings. The third-order valence-electron chi connectivity index (χ3n) is 17.4. The zero-order valence-electron chi connectivity index (χ0n) is 65.0. The summed E-state index contributed by atoms with van der Waals surface area (Å²) in [7, 11) is 0. The number of aliphatic hydroxyl groups is 1. The van der Waals surface area contributed by atoms with Gasteiger partial charge >= 0.3 is 0 Å². The van der Waals surface area contributed by atoms with Crippen LogP contribution >= 0.6 is 0 Å². The van der Waals surface area contributed by atoms with Crippen molar-refractivity contribution in [3.8, 4) is 0 Å². The minimum Gasteiger partial charge on any atom is -0.393 e. The molecule has 8 aliphatic rings. The van der Waals surface area contributed by atoms with E-state index in [1.54, 1.807) is 9.80 Å². The zero-order chi connectivity index (χ0) is 73.6. The lowest BCUT2D eigenvalue weighted by molar-refractivity contribution is -0.147. The molecule has 3 N–H and O–H groups in total. The van der Waals surface area contributed by atoms with Crippen molar-refractivity contribution in [2.75, 3.05) is 105 Å². The second-order valence-electron chi connectivity index (χ2n) is 36.0. The quantitative estimate of drug-likeness (QED) is 0.252. The Morgan fingerprint density at radius 2 is 0.521 bits per heavy atom. The van der Waals surface area contributed by atoms with Crippen LogP contribution in [0.15, 0.2) is 0 Å². The minimum absolute atomic E-state index is 0. The molecule has 96 heavy (non-hydrogen) atoms. The Balaban J connectivity index is 0.00000107. The SMILES string of the molecule is C.CC(C)(C)C(=O)N1CC(F)C1.CC(C)(C)C(=O)N1CCC(C(N)=O)C1.CC(C)(C)C(=O)N1CCC(O)CC1.CC(C)(C)C(=O)N1CCC1.CC(C)(C)C(=O)N1CCCC1.CC(C)(C)C(=O)N1CCCCC1.CC(C)(C)C(=O)N1CCCCC1.CC1CCN(C(=O)C(C)(C)C)C1. The van der Waals surface area contributed by atoms with Crippen molar-refractivity contribution in [2.24, 2.45) is 60.9 Å². The molecular formula is C76H144FN9O10. The van der Waals surface area contributed by atoms with Crippen molar-refractivity contribution in [2.45, 2.75) is 276 Å². The van der Waals surface area contributed by atoms with Gasteiger partial charge in [0.25, 0.3) is 0 Å². The summed E-state index contributed by atoms with van der Waals surface area (Å²) in [4.78, 5) is 119. The van der Waals surface area contributed by atoms with E-state index < -0.39 is 6.17 Å². The third kappa shape index (κ3) is 33.3. The Labute approximate surface area is 584 Å². The summed E-state index contributed by atoms with van der Waals surface area (Å²) in [6.07, 6.45) is 13.2. The van der Waals surface area contributed by atoms with Gasteiger partial charge in [-0.3, -0.25) is 43.2 Å².